The molecule has 3 aromatic carbocycles. The molecule has 2 N–H and O–H groups in total. The second-order valence-electron chi connectivity index (χ2n) is 6.92. The number of rotatable bonds is 6. The van der Waals surface area contributed by atoms with Gasteiger partial charge in [0, 0.05) is 28.8 Å². The van der Waals surface area contributed by atoms with Crippen molar-refractivity contribution in [3.63, 3.8) is 0 Å². The Bertz CT molecular complexity index is 1300. The first-order chi connectivity index (χ1) is 16.0. The molecule has 0 radical (unpaired) electrons. The van der Waals surface area contributed by atoms with E-state index in [2.05, 4.69) is 26.3 Å². The van der Waals surface area contributed by atoms with Crippen LogP contribution in [0.5, 0.6) is 0 Å². The maximum Gasteiger partial charge on any atom is 0.270 e. The van der Waals surface area contributed by atoms with Gasteiger partial charge in [-0.3, -0.25) is 30.6 Å². The number of nitrogens with zero attached hydrogens (tertiary/aromatic N) is 5. The summed E-state index contributed by atoms with van der Waals surface area (Å²) in [6, 6.07) is 21.4. The number of benzene rings is 3. The minimum Gasteiger partial charge on any atom is -0.267 e. The molecule has 2 amide bonds. The van der Waals surface area contributed by atoms with E-state index in [9.17, 15) is 19.7 Å². The number of carbonyl (C=O) groups excluding carboxylic acids is 2. The number of amides is 2. The summed E-state index contributed by atoms with van der Waals surface area (Å²) in [5, 5.41) is 23.3. The zero-order chi connectivity index (χ0) is 23.2. The third-order valence-electron chi connectivity index (χ3n) is 4.63. The first-order valence-electron chi connectivity index (χ1n) is 9.77. The zero-order valence-electron chi connectivity index (χ0n) is 17.1. The van der Waals surface area contributed by atoms with Crippen LogP contribution in [0, 0.1) is 10.1 Å². The van der Waals surface area contributed by atoms with Crippen molar-refractivity contribution in [1.29, 1.82) is 0 Å². The van der Waals surface area contributed by atoms with E-state index in [1.807, 2.05) is 30.3 Å². The average molecular weight is 443 g/mol. The Kier molecular flexibility index (Phi) is 6.12. The topological polar surface area (TPSA) is 145 Å². The normalized spacial score (nSPS) is 10.4. The Balaban J connectivity index is 1.34. The van der Waals surface area contributed by atoms with Crippen molar-refractivity contribution in [2.75, 3.05) is 0 Å². The monoisotopic (exact) mass is 443 g/mol. The molecule has 0 aliphatic heterocycles. The highest BCUT2D eigenvalue weighted by molar-refractivity contribution is 5.99. The predicted octanol–water partition coefficient (Wildman–Crippen LogP) is 2.37. The molecular formula is C22H17N7O4. The van der Waals surface area contributed by atoms with Gasteiger partial charge in [0.2, 0.25) is 5.82 Å². The van der Waals surface area contributed by atoms with Gasteiger partial charge in [-0.05, 0) is 29.0 Å². The molecule has 4 aromatic rings. The Morgan fingerprint density at radius 2 is 1.58 bits per heavy atom. The summed E-state index contributed by atoms with van der Waals surface area (Å²) in [6.07, 6.45) is 0. The summed E-state index contributed by atoms with van der Waals surface area (Å²) in [6.45, 7) is 0.366. The maximum atomic E-state index is 12.3. The lowest BCUT2D eigenvalue weighted by Crippen LogP contribution is -2.41. The fraction of sp³-hybridized carbons (Fsp3) is 0.0455. The maximum absolute atomic E-state index is 12.3. The first-order valence-corrected chi connectivity index (χ1v) is 9.77. The second-order valence-corrected chi connectivity index (χ2v) is 6.92. The summed E-state index contributed by atoms with van der Waals surface area (Å²) in [4.78, 5) is 36.1. The molecule has 0 bridgehead atoms. The van der Waals surface area contributed by atoms with Crippen LogP contribution in [0.4, 0.5) is 5.69 Å². The molecule has 1 aromatic heterocycles. The number of hydrazine groups is 1. The Morgan fingerprint density at radius 1 is 0.879 bits per heavy atom. The summed E-state index contributed by atoms with van der Waals surface area (Å²) in [7, 11) is 0. The Morgan fingerprint density at radius 3 is 2.27 bits per heavy atom. The van der Waals surface area contributed by atoms with Crippen LogP contribution in [0.1, 0.15) is 26.3 Å². The summed E-state index contributed by atoms with van der Waals surface area (Å²) in [5.74, 6) is -0.688. The predicted molar refractivity (Wildman–Crippen MR) is 117 cm³/mol. The van der Waals surface area contributed by atoms with Crippen molar-refractivity contribution in [1.82, 2.24) is 31.1 Å². The molecule has 0 spiro atoms. The van der Waals surface area contributed by atoms with Gasteiger partial charge in [-0.25, -0.2) is 0 Å². The van der Waals surface area contributed by atoms with E-state index in [1.165, 1.54) is 23.0 Å². The molecule has 164 valence electrons. The fourth-order valence-corrected chi connectivity index (χ4v) is 2.96. The van der Waals surface area contributed by atoms with Gasteiger partial charge in [-0.15, -0.1) is 10.2 Å². The quantitative estimate of drug-likeness (QED) is 0.344. The van der Waals surface area contributed by atoms with E-state index in [4.69, 9.17) is 0 Å². The Labute approximate surface area is 187 Å². The molecule has 0 aliphatic rings. The molecule has 33 heavy (non-hydrogen) atoms. The van der Waals surface area contributed by atoms with Crippen molar-refractivity contribution in [3.05, 3.63) is 106 Å². The molecule has 0 aliphatic carbocycles. The highest BCUT2D eigenvalue weighted by Gasteiger charge is 2.13. The van der Waals surface area contributed by atoms with Gasteiger partial charge >= 0.3 is 0 Å². The van der Waals surface area contributed by atoms with Crippen molar-refractivity contribution in [2.45, 2.75) is 6.54 Å². The molecule has 11 nitrogen and oxygen atoms in total. The third-order valence-corrected chi connectivity index (χ3v) is 4.63. The summed E-state index contributed by atoms with van der Waals surface area (Å²) >= 11 is 0. The van der Waals surface area contributed by atoms with Crippen LogP contribution < -0.4 is 10.9 Å². The van der Waals surface area contributed by atoms with Crippen LogP contribution in [0.15, 0.2) is 78.9 Å². The second kappa shape index (κ2) is 9.47. The molecular weight excluding hydrogens is 426 g/mol. The standard InChI is InChI=1S/C22H17N7O4/c30-21(24-25-22(31)18-7-4-8-19(13-18)29(32)33)17-11-9-15(10-12-17)14-28-26-20(23-27-28)16-5-2-1-3-6-16/h1-13H,14H2,(H,24,30)(H,25,31). The number of nitro groups is 1. The van der Waals surface area contributed by atoms with Crippen LogP contribution in [-0.2, 0) is 6.54 Å². The van der Waals surface area contributed by atoms with Crippen molar-refractivity contribution in [2.24, 2.45) is 0 Å². The van der Waals surface area contributed by atoms with Crippen LogP contribution in [-0.4, -0.2) is 36.9 Å². The molecule has 0 saturated heterocycles. The van der Waals surface area contributed by atoms with Gasteiger partial charge in [-0.2, -0.15) is 4.80 Å². The lowest BCUT2D eigenvalue weighted by molar-refractivity contribution is -0.384. The number of carbonyl (C=O) groups is 2. The van der Waals surface area contributed by atoms with E-state index in [0.29, 0.717) is 17.9 Å². The van der Waals surface area contributed by atoms with Crippen LogP contribution >= 0.6 is 0 Å². The molecule has 0 unspecified atom stereocenters. The lowest BCUT2D eigenvalue weighted by Gasteiger charge is -2.08. The van der Waals surface area contributed by atoms with Gasteiger partial charge in [0.05, 0.1) is 11.5 Å². The summed E-state index contributed by atoms with van der Waals surface area (Å²) in [5.41, 5.74) is 6.39. The fourth-order valence-electron chi connectivity index (χ4n) is 2.96. The van der Waals surface area contributed by atoms with Crippen LogP contribution in [0.25, 0.3) is 11.4 Å². The van der Waals surface area contributed by atoms with Crippen molar-refractivity contribution < 1.29 is 14.5 Å². The molecule has 0 saturated carbocycles. The Hall–Kier alpha value is -4.93. The number of hydrogen-bond acceptors (Lipinski definition) is 7. The number of non-ortho nitro benzene ring substituents is 1. The van der Waals surface area contributed by atoms with E-state index in [-0.39, 0.29) is 11.3 Å². The number of nitro benzene ring substituents is 1. The van der Waals surface area contributed by atoms with Crippen molar-refractivity contribution in [3.8, 4) is 11.4 Å². The molecule has 1 heterocycles. The van der Waals surface area contributed by atoms with E-state index < -0.39 is 16.7 Å². The number of hydrogen-bond donors (Lipinski definition) is 2. The van der Waals surface area contributed by atoms with Gasteiger partial charge in [0.1, 0.15) is 0 Å². The first kappa shape index (κ1) is 21.3. The number of aromatic nitrogens is 4. The molecule has 0 atom stereocenters. The van der Waals surface area contributed by atoms with Gasteiger partial charge in [-0.1, -0.05) is 48.5 Å². The average Bonchev–Trinajstić information content (AvgIpc) is 3.32. The molecule has 4 rings (SSSR count). The highest BCUT2D eigenvalue weighted by Crippen LogP contribution is 2.14. The smallest absolute Gasteiger partial charge is 0.267 e. The third kappa shape index (κ3) is 5.22. The van der Waals surface area contributed by atoms with E-state index in [0.717, 1.165) is 17.2 Å². The van der Waals surface area contributed by atoms with Gasteiger partial charge in [0.25, 0.3) is 17.5 Å². The molecule has 0 fully saturated rings. The number of tetrazole rings is 1. The minimum absolute atomic E-state index is 0.0510. The van der Waals surface area contributed by atoms with E-state index in [1.54, 1.807) is 24.3 Å². The largest absolute Gasteiger partial charge is 0.270 e. The van der Waals surface area contributed by atoms with Crippen LogP contribution in [0.3, 0.4) is 0 Å². The SMILES string of the molecule is O=C(NNC(=O)c1cccc([N+](=O)[O-])c1)c1ccc(Cn2nnc(-c3ccccc3)n2)cc1. The lowest BCUT2D eigenvalue weighted by atomic mass is 10.1. The highest BCUT2D eigenvalue weighted by atomic mass is 16.6. The minimum atomic E-state index is -0.671. The zero-order valence-corrected chi connectivity index (χ0v) is 17.1. The van der Waals surface area contributed by atoms with Gasteiger partial charge in [0.15, 0.2) is 0 Å². The van der Waals surface area contributed by atoms with Gasteiger partial charge < -0.3 is 0 Å². The molecule has 11 heteroatoms. The number of nitrogens with one attached hydrogen (secondary N) is 2. The van der Waals surface area contributed by atoms with Crippen molar-refractivity contribution >= 4 is 17.5 Å². The van der Waals surface area contributed by atoms with E-state index >= 15 is 0 Å². The summed E-state index contributed by atoms with van der Waals surface area (Å²) < 4.78 is 0. The van der Waals surface area contributed by atoms with Crippen LogP contribution in [0.2, 0.25) is 0 Å².